The third-order valence-electron chi connectivity index (χ3n) is 2.23. The van der Waals surface area contributed by atoms with Gasteiger partial charge in [0.1, 0.15) is 0 Å². The fraction of sp³-hybridized carbons (Fsp3) is 0. The number of hydrogen-bond acceptors (Lipinski definition) is 3. The molecule has 0 spiro atoms. The summed E-state index contributed by atoms with van der Waals surface area (Å²) in [4.78, 5) is 15.4. The first-order valence-electron chi connectivity index (χ1n) is 4.83. The molecular weight excluding hydrogens is 202 g/mol. The molecule has 0 bridgehead atoms. The van der Waals surface area contributed by atoms with Crippen molar-refractivity contribution < 1.29 is 4.79 Å². The number of amides is 1. The number of nitrogens with zero attached hydrogens (tertiary/aromatic N) is 1. The average molecular weight is 213 g/mol. The molecule has 1 aromatic heterocycles. The van der Waals surface area contributed by atoms with Crippen LogP contribution < -0.4 is 11.3 Å². The molecule has 0 saturated heterocycles. The summed E-state index contributed by atoms with van der Waals surface area (Å²) in [5, 5.41) is 0. The lowest BCUT2D eigenvalue weighted by molar-refractivity contribution is 0.0953. The van der Waals surface area contributed by atoms with Gasteiger partial charge in [-0.05, 0) is 12.1 Å². The summed E-state index contributed by atoms with van der Waals surface area (Å²) in [7, 11) is 0. The molecule has 2 aromatic rings. The van der Waals surface area contributed by atoms with E-state index in [-0.39, 0.29) is 5.91 Å². The molecule has 0 atom stereocenters. The zero-order valence-corrected chi connectivity index (χ0v) is 8.55. The zero-order valence-electron chi connectivity index (χ0n) is 8.55. The maximum absolute atomic E-state index is 11.2. The number of nitrogens with one attached hydrogen (secondary N) is 1. The first kappa shape index (κ1) is 10.3. The Labute approximate surface area is 93.1 Å². The monoisotopic (exact) mass is 213 g/mol. The molecule has 0 fully saturated rings. The number of rotatable bonds is 2. The number of nitrogens with two attached hydrogens (primary N) is 1. The van der Waals surface area contributed by atoms with Crippen LogP contribution in [-0.4, -0.2) is 10.9 Å². The lowest BCUT2D eigenvalue weighted by Gasteiger charge is -2.02. The van der Waals surface area contributed by atoms with Crippen molar-refractivity contribution >= 4 is 5.91 Å². The summed E-state index contributed by atoms with van der Waals surface area (Å²) in [5.74, 6) is 4.69. The van der Waals surface area contributed by atoms with Crippen LogP contribution in [0.2, 0.25) is 0 Å². The highest BCUT2D eigenvalue weighted by Crippen LogP contribution is 2.15. The van der Waals surface area contributed by atoms with Gasteiger partial charge in [-0.1, -0.05) is 30.3 Å². The normalized spacial score (nSPS) is 9.81. The highest BCUT2D eigenvalue weighted by atomic mass is 16.2. The zero-order chi connectivity index (χ0) is 11.4. The molecule has 2 rings (SSSR count). The van der Waals surface area contributed by atoms with E-state index >= 15 is 0 Å². The lowest BCUT2D eigenvalue weighted by Crippen LogP contribution is -2.29. The van der Waals surface area contributed by atoms with Crippen LogP contribution in [0.4, 0.5) is 0 Å². The van der Waals surface area contributed by atoms with Crippen molar-refractivity contribution in [3.05, 3.63) is 54.2 Å². The largest absolute Gasteiger partial charge is 0.290 e. The fourth-order valence-electron chi connectivity index (χ4n) is 1.39. The number of nitrogen functional groups attached to an aromatic ring is 1. The van der Waals surface area contributed by atoms with Crippen molar-refractivity contribution in [3.8, 4) is 11.3 Å². The van der Waals surface area contributed by atoms with Gasteiger partial charge in [-0.3, -0.25) is 15.2 Å². The molecule has 0 saturated carbocycles. The molecule has 0 aliphatic carbocycles. The number of hydrogen-bond donors (Lipinski definition) is 2. The molecule has 0 radical (unpaired) electrons. The highest BCUT2D eigenvalue weighted by Gasteiger charge is 2.04. The Morgan fingerprint density at radius 2 is 1.88 bits per heavy atom. The topological polar surface area (TPSA) is 68.0 Å². The molecular formula is C12H11N3O. The van der Waals surface area contributed by atoms with Crippen molar-refractivity contribution in [3.63, 3.8) is 0 Å². The van der Waals surface area contributed by atoms with Crippen molar-refractivity contribution in [2.75, 3.05) is 0 Å². The van der Waals surface area contributed by atoms with Gasteiger partial charge >= 0.3 is 0 Å². The molecule has 1 aromatic carbocycles. The van der Waals surface area contributed by atoms with Crippen LogP contribution in [0.3, 0.4) is 0 Å². The SMILES string of the molecule is NNC(=O)c1ccc(-c2ccccc2)nc1. The molecule has 0 unspecified atom stereocenters. The highest BCUT2D eigenvalue weighted by molar-refractivity contribution is 5.93. The Balaban J connectivity index is 2.30. The minimum Gasteiger partial charge on any atom is -0.290 e. The summed E-state index contributed by atoms with van der Waals surface area (Å²) < 4.78 is 0. The van der Waals surface area contributed by atoms with Crippen LogP contribution in [0.1, 0.15) is 10.4 Å². The number of pyridine rings is 1. The summed E-state index contributed by atoms with van der Waals surface area (Å²) in [6.07, 6.45) is 1.50. The molecule has 4 nitrogen and oxygen atoms in total. The third kappa shape index (κ3) is 2.07. The van der Waals surface area contributed by atoms with Crippen molar-refractivity contribution in [1.82, 2.24) is 10.4 Å². The van der Waals surface area contributed by atoms with E-state index < -0.39 is 0 Å². The van der Waals surface area contributed by atoms with Gasteiger partial charge in [0.05, 0.1) is 11.3 Å². The van der Waals surface area contributed by atoms with E-state index in [0.717, 1.165) is 11.3 Å². The Hall–Kier alpha value is -2.20. The van der Waals surface area contributed by atoms with Gasteiger partial charge in [-0.25, -0.2) is 5.84 Å². The Bertz CT molecular complexity index is 479. The van der Waals surface area contributed by atoms with Gasteiger partial charge in [0.25, 0.3) is 5.91 Å². The van der Waals surface area contributed by atoms with Gasteiger partial charge in [-0.15, -0.1) is 0 Å². The molecule has 1 amide bonds. The van der Waals surface area contributed by atoms with Crippen LogP contribution >= 0.6 is 0 Å². The number of benzene rings is 1. The van der Waals surface area contributed by atoms with Gasteiger partial charge in [0.2, 0.25) is 0 Å². The summed E-state index contributed by atoms with van der Waals surface area (Å²) >= 11 is 0. The fourth-order valence-corrected chi connectivity index (χ4v) is 1.39. The molecule has 4 heteroatoms. The second-order valence-corrected chi connectivity index (χ2v) is 3.27. The number of hydrazine groups is 1. The van der Waals surface area contributed by atoms with E-state index in [1.54, 1.807) is 12.1 Å². The van der Waals surface area contributed by atoms with E-state index in [9.17, 15) is 4.79 Å². The summed E-state index contributed by atoms with van der Waals surface area (Å²) in [6, 6.07) is 13.2. The quantitative estimate of drug-likeness (QED) is 0.449. The Morgan fingerprint density at radius 3 is 2.44 bits per heavy atom. The number of aromatic nitrogens is 1. The molecule has 3 N–H and O–H groups in total. The van der Waals surface area contributed by atoms with E-state index in [0.29, 0.717) is 5.56 Å². The van der Waals surface area contributed by atoms with E-state index in [2.05, 4.69) is 10.4 Å². The maximum Gasteiger partial charge on any atom is 0.266 e. The minimum absolute atomic E-state index is 0.341. The van der Waals surface area contributed by atoms with Gasteiger partial charge in [0, 0.05) is 11.8 Å². The average Bonchev–Trinajstić information content (AvgIpc) is 2.39. The van der Waals surface area contributed by atoms with Gasteiger partial charge < -0.3 is 0 Å². The lowest BCUT2D eigenvalue weighted by atomic mass is 10.1. The number of carbonyl (C=O) groups is 1. The van der Waals surface area contributed by atoms with Crippen LogP contribution in [0, 0.1) is 0 Å². The molecule has 0 aliphatic heterocycles. The summed E-state index contributed by atoms with van der Waals surface area (Å²) in [6.45, 7) is 0. The van der Waals surface area contributed by atoms with Crippen LogP contribution in [0.5, 0.6) is 0 Å². The van der Waals surface area contributed by atoms with E-state index in [4.69, 9.17) is 5.84 Å². The molecule has 0 aliphatic rings. The van der Waals surface area contributed by atoms with Crippen molar-refractivity contribution in [2.45, 2.75) is 0 Å². The van der Waals surface area contributed by atoms with E-state index in [1.807, 2.05) is 30.3 Å². The van der Waals surface area contributed by atoms with Crippen LogP contribution in [0.25, 0.3) is 11.3 Å². The predicted molar refractivity (Wildman–Crippen MR) is 61.3 cm³/mol. The second kappa shape index (κ2) is 4.55. The van der Waals surface area contributed by atoms with Gasteiger partial charge in [-0.2, -0.15) is 0 Å². The summed E-state index contributed by atoms with van der Waals surface area (Å²) in [5.41, 5.74) is 4.35. The van der Waals surface area contributed by atoms with E-state index in [1.165, 1.54) is 6.20 Å². The molecule has 16 heavy (non-hydrogen) atoms. The molecule has 80 valence electrons. The predicted octanol–water partition coefficient (Wildman–Crippen LogP) is 1.35. The van der Waals surface area contributed by atoms with Crippen LogP contribution in [0.15, 0.2) is 48.7 Å². The Morgan fingerprint density at radius 1 is 1.12 bits per heavy atom. The number of carbonyl (C=O) groups excluding carboxylic acids is 1. The van der Waals surface area contributed by atoms with Crippen molar-refractivity contribution in [2.24, 2.45) is 5.84 Å². The van der Waals surface area contributed by atoms with Gasteiger partial charge in [0.15, 0.2) is 0 Å². The van der Waals surface area contributed by atoms with Crippen LogP contribution in [-0.2, 0) is 0 Å². The smallest absolute Gasteiger partial charge is 0.266 e. The Kier molecular flexibility index (Phi) is 2.93. The standard InChI is InChI=1S/C12H11N3O/c13-15-12(16)10-6-7-11(14-8-10)9-4-2-1-3-5-9/h1-8H,13H2,(H,15,16). The molecule has 1 heterocycles. The van der Waals surface area contributed by atoms with Crippen molar-refractivity contribution in [1.29, 1.82) is 0 Å². The maximum atomic E-state index is 11.2. The third-order valence-corrected chi connectivity index (χ3v) is 2.23. The second-order valence-electron chi connectivity index (χ2n) is 3.27. The minimum atomic E-state index is -0.341. The first-order chi connectivity index (χ1) is 7.81. The first-order valence-corrected chi connectivity index (χ1v) is 4.83.